The minimum absolute atomic E-state index is 0.0257. The van der Waals surface area contributed by atoms with Crippen molar-refractivity contribution in [2.45, 2.75) is 6.36 Å². The molecule has 8 nitrogen and oxygen atoms in total. The van der Waals surface area contributed by atoms with Gasteiger partial charge in [0.1, 0.15) is 23.1 Å². The van der Waals surface area contributed by atoms with E-state index in [9.17, 15) is 27.7 Å². The number of hydrogen-bond donors (Lipinski definition) is 2. The molecule has 0 saturated heterocycles. The highest BCUT2D eigenvalue weighted by atomic mass is 19.4. The third-order valence-corrected chi connectivity index (χ3v) is 3.73. The molecule has 0 unspecified atom stereocenters. The van der Waals surface area contributed by atoms with Crippen LogP contribution < -0.4 is 15.4 Å². The zero-order chi connectivity index (χ0) is 21.9. The van der Waals surface area contributed by atoms with Crippen molar-refractivity contribution in [2.75, 3.05) is 17.7 Å². The molecular weight excluding hydrogens is 410 g/mol. The predicted molar refractivity (Wildman–Crippen MR) is 100 cm³/mol. The van der Waals surface area contributed by atoms with Crippen LogP contribution >= 0.6 is 0 Å². The molecule has 0 saturated carbocycles. The van der Waals surface area contributed by atoms with Gasteiger partial charge in [-0.2, -0.15) is 4.98 Å². The Morgan fingerprint density at radius 2 is 1.87 bits per heavy atom. The fourth-order valence-electron chi connectivity index (χ4n) is 2.52. The van der Waals surface area contributed by atoms with Crippen molar-refractivity contribution in [1.82, 2.24) is 9.97 Å². The molecule has 0 atom stereocenters. The Morgan fingerprint density at radius 3 is 2.53 bits per heavy atom. The Hall–Kier alpha value is -3.96. The first kappa shape index (κ1) is 20.8. The van der Waals surface area contributed by atoms with Crippen LogP contribution in [0.15, 0.2) is 48.5 Å². The molecule has 0 bridgehead atoms. The van der Waals surface area contributed by atoms with Crippen molar-refractivity contribution in [3.8, 4) is 17.0 Å². The van der Waals surface area contributed by atoms with E-state index in [1.165, 1.54) is 31.3 Å². The smallest absolute Gasteiger partial charge is 0.406 e. The van der Waals surface area contributed by atoms with Gasteiger partial charge in [0.25, 0.3) is 5.69 Å². The summed E-state index contributed by atoms with van der Waals surface area (Å²) in [7, 11) is 1.52. The van der Waals surface area contributed by atoms with Crippen molar-refractivity contribution in [3.05, 3.63) is 64.5 Å². The van der Waals surface area contributed by atoms with Gasteiger partial charge in [-0.15, -0.1) is 13.2 Å². The molecule has 2 aromatic carbocycles. The lowest BCUT2D eigenvalue weighted by Gasteiger charge is -2.12. The van der Waals surface area contributed by atoms with E-state index in [1.807, 2.05) is 0 Å². The average Bonchev–Trinajstić information content (AvgIpc) is 2.68. The van der Waals surface area contributed by atoms with E-state index in [0.717, 1.165) is 24.3 Å². The number of nitrogens with zero attached hydrogens (tertiary/aromatic N) is 3. The standard InChI is InChI=1S/C18H13F4N5O3/c1-23-17-25-14(10-3-2-4-12(7-10)30-18(20,21)22)9-16(26-17)24-13-6-5-11(19)8-15(13)27(28)29/h2-9H,1H3,(H2,23,24,25,26). The third-order valence-electron chi connectivity index (χ3n) is 3.73. The van der Waals surface area contributed by atoms with Crippen LogP contribution in [0.5, 0.6) is 5.75 Å². The van der Waals surface area contributed by atoms with Gasteiger partial charge in [0.05, 0.1) is 16.7 Å². The van der Waals surface area contributed by atoms with Gasteiger partial charge in [-0.3, -0.25) is 10.1 Å². The molecule has 3 aromatic rings. The second-order valence-corrected chi connectivity index (χ2v) is 5.83. The highest BCUT2D eigenvalue weighted by Gasteiger charge is 2.31. The summed E-state index contributed by atoms with van der Waals surface area (Å²) < 4.78 is 54.7. The summed E-state index contributed by atoms with van der Waals surface area (Å²) in [6, 6.07) is 9.48. The number of rotatable bonds is 6. The number of nitrogens with one attached hydrogen (secondary N) is 2. The number of ether oxygens (including phenoxy) is 1. The van der Waals surface area contributed by atoms with Gasteiger partial charge in [-0.05, 0) is 24.3 Å². The fourth-order valence-corrected chi connectivity index (χ4v) is 2.52. The first-order chi connectivity index (χ1) is 14.1. The number of halogens is 4. The van der Waals surface area contributed by atoms with Crippen molar-refractivity contribution in [2.24, 2.45) is 0 Å². The molecule has 3 rings (SSSR count). The lowest BCUT2D eigenvalue weighted by atomic mass is 10.1. The summed E-state index contributed by atoms with van der Waals surface area (Å²) >= 11 is 0. The van der Waals surface area contributed by atoms with Crippen LogP contribution in [0.2, 0.25) is 0 Å². The molecule has 12 heteroatoms. The number of aromatic nitrogens is 2. The first-order valence-corrected chi connectivity index (χ1v) is 8.28. The van der Waals surface area contributed by atoms with Gasteiger partial charge in [-0.25, -0.2) is 9.37 Å². The van der Waals surface area contributed by atoms with Gasteiger partial charge >= 0.3 is 6.36 Å². The van der Waals surface area contributed by atoms with E-state index < -0.39 is 28.5 Å². The van der Waals surface area contributed by atoms with Crippen molar-refractivity contribution < 1.29 is 27.2 Å². The second kappa shape index (κ2) is 8.19. The Labute approximate surface area is 166 Å². The number of nitro groups is 1. The summed E-state index contributed by atoms with van der Waals surface area (Å²) in [5, 5.41) is 16.6. The SMILES string of the molecule is CNc1nc(Nc2ccc(F)cc2[N+](=O)[O-])cc(-c2cccc(OC(F)(F)F)c2)n1. The molecule has 0 aliphatic rings. The van der Waals surface area contributed by atoms with Gasteiger partial charge in [0, 0.05) is 18.7 Å². The normalized spacial score (nSPS) is 11.1. The van der Waals surface area contributed by atoms with Crippen LogP contribution in [0.4, 0.5) is 40.7 Å². The Morgan fingerprint density at radius 1 is 1.10 bits per heavy atom. The summed E-state index contributed by atoms with van der Waals surface area (Å²) in [6.07, 6.45) is -4.85. The van der Waals surface area contributed by atoms with E-state index >= 15 is 0 Å². The van der Waals surface area contributed by atoms with E-state index in [0.29, 0.717) is 0 Å². The average molecular weight is 423 g/mol. The highest BCUT2D eigenvalue weighted by molar-refractivity contribution is 5.72. The maximum atomic E-state index is 13.3. The Kier molecular flexibility index (Phi) is 5.67. The van der Waals surface area contributed by atoms with Gasteiger partial charge in [-0.1, -0.05) is 12.1 Å². The van der Waals surface area contributed by atoms with Crippen LogP contribution in [0.1, 0.15) is 0 Å². The van der Waals surface area contributed by atoms with Gasteiger partial charge in [0.15, 0.2) is 0 Å². The zero-order valence-corrected chi connectivity index (χ0v) is 15.2. The number of alkyl halides is 3. The maximum absolute atomic E-state index is 13.3. The number of benzene rings is 2. The molecule has 1 aromatic heterocycles. The molecular formula is C18H13F4N5O3. The van der Waals surface area contributed by atoms with E-state index in [1.54, 1.807) is 0 Å². The van der Waals surface area contributed by atoms with Crippen LogP contribution in [0, 0.1) is 15.9 Å². The summed E-state index contributed by atoms with van der Waals surface area (Å²) in [6.45, 7) is 0. The van der Waals surface area contributed by atoms with E-state index in [4.69, 9.17) is 0 Å². The summed E-state index contributed by atoms with van der Waals surface area (Å²) in [5.74, 6) is -1.02. The zero-order valence-electron chi connectivity index (χ0n) is 15.2. The van der Waals surface area contributed by atoms with Crippen LogP contribution in [-0.2, 0) is 0 Å². The molecule has 0 fully saturated rings. The Balaban J connectivity index is 2.00. The molecule has 0 spiro atoms. The lowest BCUT2D eigenvalue weighted by Crippen LogP contribution is -2.17. The molecule has 0 amide bonds. The Bertz CT molecular complexity index is 1090. The minimum Gasteiger partial charge on any atom is -0.406 e. The largest absolute Gasteiger partial charge is 0.573 e. The third kappa shape index (κ3) is 5.10. The van der Waals surface area contributed by atoms with Crippen LogP contribution in [0.3, 0.4) is 0 Å². The van der Waals surface area contributed by atoms with Gasteiger partial charge < -0.3 is 15.4 Å². The molecule has 0 aliphatic carbocycles. The minimum atomic E-state index is -4.85. The predicted octanol–water partition coefficient (Wildman–Crippen LogP) is 4.87. The van der Waals surface area contributed by atoms with Crippen LogP contribution in [0.25, 0.3) is 11.3 Å². The quantitative estimate of drug-likeness (QED) is 0.331. The number of anilines is 3. The maximum Gasteiger partial charge on any atom is 0.573 e. The number of hydrogen-bond acceptors (Lipinski definition) is 7. The molecule has 156 valence electrons. The van der Waals surface area contributed by atoms with E-state index in [-0.39, 0.29) is 28.7 Å². The number of nitro benzene ring substituents is 1. The first-order valence-electron chi connectivity index (χ1n) is 8.28. The monoisotopic (exact) mass is 423 g/mol. The topological polar surface area (TPSA) is 102 Å². The van der Waals surface area contributed by atoms with Gasteiger partial charge in [0.2, 0.25) is 5.95 Å². The lowest BCUT2D eigenvalue weighted by molar-refractivity contribution is -0.384. The molecule has 2 N–H and O–H groups in total. The second-order valence-electron chi connectivity index (χ2n) is 5.83. The molecule has 0 radical (unpaired) electrons. The van der Waals surface area contributed by atoms with Crippen molar-refractivity contribution in [3.63, 3.8) is 0 Å². The van der Waals surface area contributed by atoms with Crippen LogP contribution in [-0.4, -0.2) is 28.3 Å². The van der Waals surface area contributed by atoms with Crippen molar-refractivity contribution >= 4 is 23.1 Å². The highest BCUT2D eigenvalue weighted by Crippen LogP contribution is 2.31. The summed E-state index contributed by atoms with van der Waals surface area (Å²) in [5.41, 5.74) is -0.0365. The molecule has 1 heterocycles. The summed E-state index contributed by atoms with van der Waals surface area (Å²) in [4.78, 5) is 18.7. The van der Waals surface area contributed by atoms with Crippen molar-refractivity contribution in [1.29, 1.82) is 0 Å². The fraction of sp³-hybridized carbons (Fsp3) is 0.111. The van der Waals surface area contributed by atoms with E-state index in [2.05, 4.69) is 25.3 Å². The molecule has 30 heavy (non-hydrogen) atoms. The molecule has 0 aliphatic heterocycles.